The van der Waals surface area contributed by atoms with Crippen LogP contribution >= 0.6 is 0 Å². The summed E-state index contributed by atoms with van der Waals surface area (Å²) in [4.78, 5) is 97.2. The zero-order valence-corrected chi connectivity index (χ0v) is 21.8. The van der Waals surface area contributed by atoms with Gasteiger partial charge in [-0.25, -0.2) is 4.18 Å². The molecule has 2 aliphatic heterocycles. The summed E-state index contributed by atoms with van der Waals surface area (Å²) < 4.78 is 50.6. The van der Waals surface area contributed by atoms with Crippen molar-refractivity contribution in [2.45, 2.75) is 50.8 Å². The molecule has 2 fully saturated rings. The van der Waals surface area contributed by atoms with Crippen molar-refractivity contribution in [2.75, 3.05) is 19.8 Å². The molecule has 9 atom stereocenters. The number of aliphatic hydroxyl groups excluding tert-OH is 2. The summed E-state index contributed by atoms with van der Waals surface area (Å²) >= 11 is 0. The fourth-order valence-corrected chi connectivity index (χ4v) is 5.09. The van der Waals surface area contributed by atoms with E-state index < -0.39 is 131 Å². The number of ether oxygens (including phenoxy) is 3. The van der Waals surface area contributed by atoms with Crippen LogP contribution in [0.1, 0.15) is 0 Å². The van der Waals surface area contributed by atoms with Gasteiger partial charge in [-0.2, -0.15) is 8.42 Å². The molecule has 0 spiro atoms. The maximum Gasteiger partial charge on any atom is 0.397 e. The van der Waals surface area contributed by atoms with Crippen LogP contribution in [0.5, 0.6) is 0 Å². The number of rotatable bonds is 15. The van der Waals surface area contributed by atoms with Crippen LogP contribution in [-0.4, -0.2) is 170 Å². The molecule has 0 saturated carbocycles. The Morgan fingerprint density at radius 3 is 1.28 bits per heavy atom. The van der Waals surface area contributed by atoms with Crippen molar-refractivity contribution in [3.63, 3.8) is 0 Å². The minimum Gasteiger partial charge on any atom is -0.393 e. The predicted octanol–water partition coefficient (Wildman–Crippen LogP) is -9.02. The predicted molar refractivity (Wildman–Crippen MR) is 119 cm³/mol. The van der Waals surface area contributed by atoms with Gasteiger partial charge >= 0.3 is 10.4 Å². The van der Waals surface area contributed by atoms with Gasteiger partial charge in [0.25, 0.3) is 5.79 Å². The van der Waals surface area contributed by atoms with E-state index in [0.29, 0.717) is 0 Å². The standard InChI is InChI=1S/C20H22O22S/c21-1-12(2-22)14(31,5-25)16(33,7-27)18(35,9-29)19(10-30,40-12)42-20(11-39-43(36,37)38)17(34,8-28)15(32,6-26)13(3-23,4-24)41-20/h1,3,5-10,22,24,31-35H,2,4,11H2,(H,36,37,38)/t12-,13-,14-,15-,16+,17+,18-,19-,20+/m1/s1. The maximum absolute atomic E-state index is 12.6. The van der Waals surface area contributed by atoms with Crippen molar-refractivity contribution in [3.8, 4) is 0 Å². The number of carbonyl (C=O) groups excluding carboxylic acids is 8. The van der Waals surface area contributed by atoms with Crippen LogP contribution in [0.25, 0.3) is 0 Å². The molecule has 2 aliphatic rings. The first kappa shape index (κ1) is 36.0. The molecule has 0 radical (unpaired) electrons. The highest BCUT2D eigenvalue weighted by atomic mass is 32.3. The first-order valence-corrected chi connectivity index (χ1v) is 12.3. The van der Waals surface area contributed by atoms with E-state index in [0.717, 1.165) is 0 Å². The summed E-state index contributed by atoms with van der Waals surface area (Å²) in [6, 6.07) is 0. The van der Waals surface area contributed by atoms with Crippen LogP contribution < -0.4 is 0 Å². The average Bonchev–Trinajstić information content (AvgIpc) is 3.16. The van der Waals surface area contributed by atoms with Crippen molar-refractivity contribution >= 4 is 60.7 Å². The normalized spacial score (nSPS) is 46.3. The Hall–Kier alpha value is -3.17. The third-order valence-electron chi connectivity index (χ3n) is 7.40. The second kappa shape index (κ2) is 10.8. The van der Waals surface area contributed by atoms with E-state index in [2.05, 4.69) is 4.18 Å². The van der Waals surface area contributed by atoms with E-state index in [1.54, 1.807) is 0 Å². The van der Waals surface area contributed by atoms with Crippen LogP contribution in [0.4, 0.5) is 0 Å². The molecule has 43 heavy (non-hydrogen) atoms. The van der Waals surface area contributed by atoms with Crippen molar-refractivity contribution in [1.82, 2.24) is 0 Å². The number of aldehydes is 8. The third kappa shape index (κ3) is 3.99. The van der Waals surface area contributed by atoms with Gasteiger partial charge in [0.05, 0.1) is 13.2 Å². The number of hydrogen-bond donors (Lipinski definition) is 8. The molecule has 240 valence electrons. The lowest BCUT2D eigenvalue weighted by atomic mass is 9.60. The molecule has 0 aromatic rings. The SMILES string of the molecule is O=C[C@]1(O[C@]2(COS(=O)(=O)O)O[C@](C=O)(CO)[C@](O)(C=O)[C@@]2(O)C=O)O[C@](C=O)(CO)[C@](O)(C=O)[C@@](O)(C=O)[C@]1(O)C=O. The first-order chi connectivity index (χ1) is 19.7. The van der Waals surface area contributed by atoms with Gasteiger partial charge in [-0.1, -0.05) is 0 Å². The molecule has 0 aliphatic carbocycles. The molecule has 2 rings (SSSR count). The molecule has 0 aromatic heterocycles. The third-order valence-corrected chi connectivity index (χ3v) is 7.81. The lowest BCUT2D eigenvalue weighted by molar-refractivity contribution is -0.457. The van der Waals surface area contributed by atoms with Crippen LogP contribution in [0, 0.1) is 0 Å². The molecular weight excluding hydrogens is 624 g/mol. The van der Waals surface area contributed by atoms with E-state index in [9.17, 15) is 82.5 Å². The zero-order valence-electron chi connectivity index (χ0n) is 20.9. The highest BCUT2D eigenvalue weighted by Crippen LogP contribution is 2.57. The quantitative estimate of drug-likeness (QED) is 0.0604. The van der Waals surface area contributed by atoms with Crippen molar-refractivity contribution in [3.05, 3.63) is 0 Å². The molecule has 8 N–H and O–H groups in total. The largest absolute Gasteiger partial charge is 0.397 e. The van der Waals surface area contributed by atoms with Gasteiger partial charge in [-0.05, 0) is 0 Å². The Balaban J connectivity index is 3.22. The van der Waals surface area contributed by atoms with Gasteiger partial charge in [0.1, 0.15) is 6.61 Å². The Morgan fingerprint density at radius 2 is 0.953 bits per heavy atom. The number of carbonyl (C=O) groups is 8. The number of aliphatic hydroxyl groups is 7. The zero-order chi connectivity index (χ0) is 33.6. The Labute approximate surface area is 237 Å². The lowest BCUT2D eigenvalue weighted by Gasteiger charge is -2.61. The van der Waals surface area contributed by atoms with Crippen LogP contribution in [-0.2, 0) is 67.1 Å². The fraction of sp³-hybridized carbons (Fsp3) is 0.600. The Kier molecular flexibility index (Phi) is 9.02. The molecule has 0 bridgehead atoms. The van der Waals surface area contributed by atoms with Gasteiger partial charge in [0.2, 0.25) is 22.6 Å². The average molecular weight is 646 g/mol. The topological polar surface area (TPSA) is 369 Å². The number of hydrogen-bond acceptors (Lipinski definition) is 21. The molecule has 23 heteroatoms. The van der Waals surface area contributed by atoms with Crippen molar-refractivity contribution < 1.29 is 105 Å². The molecule has 22 nitrogen and oxygen atoms in total. The first-order valence-electron chi connectivity index (χ1n) is 11.0. The van der Waals surface area contributed by atoms with E-state index in [-0.39, 0.29) is 0 Å². The summed E-state index contributed by atoms with van der Waals surface area (Å²) in [5, 5.41) is 75.1. The minimum atomic E-state index is -5.84. The smallest absolute Gasteiger partial charge is 0.393 e. The van der Waals surface area contributed by atoms with Gasteiger partial charge in [-0.3, -0.25) is 42.9 Å². The molecule has 0 unspecified atom stereocenters. The second-order valence-corrected chi connectivity index (χ2v) is 10.4. The van der Waals surface area contributed by atoms with Gasteiger partial charge < -0.3 is 50.0 Å². The molecular formula is C20H22O22S. The van der Waals surface area contributed by atoms with Gasteiger partial charge in [0, 0.05) is 0 Å². The monoisotopic (exact) mass is 646 g/mol. The summed E-state index contributed by atoms with van der Waals surface area (Å²) in [6.07, 6.45) is -7.46. The van der Waals surface area contributed by atoms with Crippen LogP contribution in [0.3, 0.4) is 0 Å². The second-order valence-electron chi connectivity index (χ2n) is 9.29. The molecule has 2 saturated heterocycles. The molecule has 0 aromatic carbocycles. The summed E-state index contributed by atoms with van der Waals surface area (Å²) in [7, 11) is -5.84. The van der Waals surface area contributed by atoms with E-state index in [1.807, 2.05) is 0 Å². The highest BCUT2D eigenvalue weighted by Gasteiger charge is 2.88. The summed E-state index contributed by atoms with van der Waals surface area (Å²) in [5.74, 6) is -8.92. The van der Waals surface area contributed by atoms with Gasteiger partial charge in [-0.15, -0.1) is 0 Å². The summed E-state index contributed by atoms with van der Waals surface area (Å²) in [6.45, 7) is -6.40. The summed E-state index contributed by atoms with van der Waals surface area (Å²) in [5.41, 5.74) is -29.6. The fourth-order valence-electron chi connectivity index (χ4n) is 4.79. The highest BCUT2D eigenvalue weighted by molar-refractivity contribution is 7.80. The van der Waals surface area contributed by atoms with Crippen LogP contribution in [0.15, 0.2) is 0 Å². The van der Waals surface area contributed by atoms with E-state index in [4.69, 9.17) is 18.8 Å². The lowest BCUT2D eigenvalue weighted by Crippen LogP contribution is -2.91. The van der Waals surface area contributed by atoms with Crippen LogP contribution in [0.2, 0.25) is 0 Å². The Bertz CT molecular complexity index is 1340. The van der Waals surface area contributed by atoms with Gasteiger partial charge in [0.15, 0.2) is 72.7 Å². The molecule has 0 amide bonds. The Morgan fingerprint density at radius 1 is 0.558 bits per heavy atom. The van der Waals surface area contributed by atoms with Crippen molar-refractivity contribution in [2.24, 2.45) is 0 Å². The van der Waals surface area contributed by atoms with E-state index >= 15 is 0 Å². The van der Waals surface area contributed by atoms with Crippen molar-refractivity contribution in [1.29, 1.82) is 0 Å². The maximum atomic E-state index is 12.6. The minimum absolute atomic E-state index is 0.702. The molecule has 2 heterocycles. The van der Waals surface area contributed by atoms with E-state index in [1.165, 1.54) is 0 Å².